The standard InChI is InChI=1S/C10H15NOS/c11-6-2-5-10-4-1-3-9(10)13-7-8(10)12/h2,5,9H,1,3-4,6-7,11H2/t9-,10+/m1/s1. The van der Waals surface area contributed by atoms with E-state index in [-0.39, 0.29) is 5.41 Å². The highest BCUT2D eigenvalue weighted by molar-refractivity contribution is 8.01. The summed E-state index contributed by atoms with van der Waals surface area (Å²) < 4.78 is 0. The largest absolute Gasteiger partial charge is 0.327 e. The SMILES string of the molecule is NCC=C[C@]12CCC[C@H]1SCC2=O. The molecule has 1 saturated carbocycles. The zero-order chi connectivity index (χ0) is 9.31. The van der Waals surface area contributed by atoms with E-state index in [4.69, 9.17) is 5.73 Å². The molecule has 3 heteroatoms. The summed E-state index contributed by atoms with van der Waals surface area (Å²) in [7, 11) is 0. The lowest BCUT2D eigenvalue weighted by Crippen LogP contribution is -2.29. The quantitative estimate of drug-likeness (QED) is 0.680. The van der Waals surface area contributed by atoms with Crippen molar-refractivity contribution in [2.75, 3.05) is 12.3 Å². The minimum atomic E-state index is -0.121. The Morgan fingerprint density at radius 3 is 3.31 bits per heavy atom. The van der Waals surface area contributed by atoms with Gasteiger partial charge >= 0.3 is 0 Å². The summed E-state index contributed by atoms with van der Waals surface area (Å²) in [5.41, 5.74) is 5.31. The van der Waals surface area contributed by atoms with Gasteiger partial charge in [-0.25, -0.2) is 0 Å². The topological polar surface area (TPSA) is 43.1 Å². The molecule has 0 bridgehead atoms. The first-order valence-electron chi connectivity index (χ1n) is 4.82. The number of rotatable bonds is 2. The molecule has 0 aromatic heterocycles. The number of fused-ring (bicyclic) bond motifs is 1. The van der Waals surface area contributed by atoms with Crippen molar-refractivity contribution in [3.05, 3.63) is 12.2 Å². The van der Waals surface area contributed by atoms with E-state index >= 15 is 0 Å². The summed E-state index contributed by atoms with van der Waals surface area (Å²) in [5, 5.41) is 0.544. The van der Waals surface area contributed by atoms with Crippen molar-refractivity contribution in [3.63, 3.8) is 0 Å². The summed E-state index contributed by atoms with van der Waals surface area (Å²) in [4.78, 5) is 11.8. The summed E-state index contributed by atoms with van der Waals surface area (Å²) in [6.45, 7) is 0.548. The van der Waals surface area contributed by atoms with Gasteiger partial charge in [-0.1, -0.05) is 18.6 Å². The van der Waals surface area contributed by atoms with Crippen LogP contribution < -0.4 is 5.73 Å². The fourth-order valence-electron chi connectivity index (χ4n) is 2.42. The second-order valence-electron chi connectivity index (χ2n) is 3.79. The molecule has 2 fully saturated rings. The number of Topliss-reactive ketones (excluding diaryl/α,β-unsaturated/α-hetero) is 1. The highest BCUT2D eigenvalue weighted by Crippen LogP contribution is 2.52. The van der Waals surface area contributed by atoms with Gasteiger partial charge < -0.3 is 5.73 Å². The number of ketones is 1. The van der Waals surface area contributed by atoms with Crippen LogP contribution in [-0.4, -0.2) is 23.3 Å². The second kappa shape index (κ2) is 3.46. The van der Waals surface area contributed by atoms with Crippen molar-refractivity contribution >= 4 is 17.5 Å². The van der Waals surface area contributed by atoms with Crippen LogP contribution in [0.15, 0.2) is 12.2 Å². The second-order valence-corrected chi connectivity index (χ2v) is 4.98. The Morgan fingerprint density at radius 2 is 2.54 bits per heavy atom. The third-order valence-corrected chi connectivity index (χ3v) is 4.60. The summed E-state index contributed by atoms with van der Waals surface area (Å²) in [6.07, 6.45) is 7.46. The highest BCUT2D eigenvalue weighted by Gasteiger charge is 2.51. The molecule has 1 aliphatic carbocycles. The highest BCUT2D eigenvalue weighted by atomic mass is 32.2. The van der Waals surface area contributed by atoms with E-state index < -0.39 is 0 Å². The summed E-state index contributed by atoms with van der Waals surface area (Å²) in [5.74, 6) is 1.13. The first-order valence-corrected chi connectivity index (χ1v) is 5.87. The molecule has 0 amide bonds. The van der Waals surface area contributed by atoms with Crippen LogP contribution in [-0.2, 0) is 4.79 Å². The van der Waals surface area contributed by atoms with E-state index in [0.717, 1.165) is 6.42 Å². The lowest BCUT2D eigenvalue weighted by atomic mass is 9.82. The fourth-order valence-corrected chi connectivity index (χ4v) is 4.00. The van der Waals surface area contributed by atoms with Crippen LogP contribution in [0.3, 0.4) is 0 Å². The average molecular weight is 197 g/mol. The maximum Gasteiger partial charge on any atom is 0.153 e. The zero-order valence-corrected chi connectivity index (χ0v) is 8.48. The predicted octanol–water partition coefficient (Wildman–Crippen LogP) is 1.36. The van der Waals surface area contributed by atoms with Gasteiger partial charge in [0.2, 0.25) is 0 Å². The Balaban J connectivity index is 2.24. The number of thioether (sulfide) groups is 1. The van der Waals surface area contributed by atoms with Crippen LogP contribution in [0.25, 0.3) is 0 Å². The average Bonchev–Trinajstić information content (AvgIpc) is 2.65. The van der Waals surface area contributed by atoms with Gasteiger partial charge in [0.15, 0.2) is 5.78 Å². The lowest BCUT2D eigenvalue weighted by molar-refractivity contribution is -0.122. The minimum absolute atomic E-state index is 0.121. The number of hydrogen-bond donors (Lipinski definition) is 1. The molecule has 1 heterocycles. The van der Waals surface area contributed by atoms with Gasteiger partial charge in [-0.05, 0) is 12.8 Å². The zero-order valence-electron chi connectivity index (χ0n) is 7.66. The van der Waals surface area contributed by atoms with E-state index in [9.17, 15) is 4.79 Å². The molecule has 2 nitrogen and oxygen atoms in total. The maximum absolute atomic E-state index is 11.8. The fraction of sp³-hybridized carbons (Fsp3) is 0.700. The van der Waals surface area contributed by atoms with Crippen molar-refractivity contribution in [2.24, 2.45) is 11.1 Å². The van der Waals surface area contributed by atoms with Crippen LogP contribution in [0, 0.1) is 5.41 Å². The van der Waals surface area contributed by atoms with Crippen LogP contribution in [0.4, 0.5) is 0 Å². The predicted molar refractivity (Wildman–Crippen MR) is 55.7 cm³/mol. The normalized spacial score (nSPS) is 38.8. The number of allylic oxidation sites excluding steroid dienone is 1. The Labute approximate surface area is 82.9 Å². The monoisotopic (exact) mass is 197 g/mol. The van der Waals surface area contributed by atoms with Crippen molar-refractivity contribution in [2.45, 2.75) is 24.5 Å². The molecule has 2 rings (SSSR count). The molecular weight excluding hydrogens is 182 g/mol. The lowest BCUT2D eigenvalue weighted by Gasteiger charge is -2.22. The molecule has 0 aromatic carbocycles. The first-order chi connectivity index (χ1) is 6.29. The van der Waals surface area contributed by atoms with E-state index in [2.05, 4.69) is 6.08 Å². The molecule has 2 N–H and O–H groups in total. The molecule has 1 aliphatic heterocycles. The van der Waals surface area contributed by atoms with Gasteiger partial charge in [-0.15, -0.1) is 11.8 Å². The molecule has 13 heavy (non-hydrogen) atoms. The number of carbonyl (C=O) groups is 1. The number of nitrogens with two attached hydrogens (primary N) is 1. The Kier molecular flexibility index (Phi) is 2.47. The molecule has 0 unspecified atom stereocenters. The van der Waals surface area contributed by atoms with E-state index in [0.29, 0.717) is 23.3 Å². The smallest absolute Gasteiger partial charge is 0.153 e. The number of carbonyl (C=O) groups excluding carboxylic acids is 1. The third-order valence-electron chi connectivity index (χ3n) is 3.12. The van der Waals surface area contributed by atoms with Crippen LogP contribution in [0.1, 0.15) is 19.3 Å². The van der Waals surface area contributed by atoms with Gasteiger partial charge in [0.05, 0.1) is 11.2 Å². The summed E-state index contributed by atoms with van der Waals surface area (Å²) >= 11 is 1.83. The van der Waals surface area contributed by atoms with Gasteiger partial charge in [0, 0.05) is 11.8 Å². The van der Waals surface area contributed by atoms with Crippen LogP contribution >= 0.6 is 11.8 Å². The van der Waals surface area contributed by atoms with Gasteiger partial charge in [-0.3, -0.25) is 4.79 Å². The number of hydrogen-bond acceptors (Lipinski definition) is 3. The van der Waals surface area contributed by atoms with Crippen LogP contribution in [0.5, 0.6) is 0 Å². The molecular formula is C10H15NOS. The Morgan fingerprint density at radius 1 is 1.69 bits per heavy atom. The third kappa shape index (κ3) is 1.34. The molecule has 0 spiro atoms. The molecule has 2 aliphatic rings. The van der Waals surface area contributed by atoms with Crippen molar-refractivity contribution in [1.82, 2.24) is 0 Å². The molecule has 1 saturated heterocycles. The minimum Gasteiger partial charge on any atom is -0.327 e. The van der Waals surface area contributed by atoms with E-state index in [1.165, 1.54) is 12.8 Å². The van der Waals surface area contributed by atoms with Crippen molar-refractivity contribution < 1.29 is 4.79 Å². The van der Waals surface area contributed by atoms with Gasteiger partial charge in [0.25, 0.3) is 0 Å². The van der Waals surface area contributed by atoms with Gasteiger partial charge in [-0.2, -0.15) is 0 Å². The Bertz CT molecular complexity index is 251. The van der Waals surface area contributed by atoms with Gasteiger partial charge in [0.1, 0.15) is 0 Å². The summed E-state index contributed by atoms with van der Waals surface area (Å²) in [6, 6.07) is 0. The van der Waals surface area contributed by atoms with E-state index in [1.54, 1.807) is 0 Å². The first kappa shape index (κ1) is 9.28. The molecule has 0 aromatic rings. The molecule has 0 radical (unpaired) electrons. The van der Waals surface area contributed by atoms with Crippen molar-refractivity contribution in [3.8, 4) is 0 Å². The maximum atomic E-state index is 11.8. The molecule has 2 atom stereocenters. The van der Waals surface area contributed by atoms with Crippen LogP contribution in [0.2, 0.25) is 0 Å². The Hall–Kier alpha value is -0.280. The van der Waals surface area contributed by atoms with E-state index in [1.807, 2.05) is 17.8 Å². The van der Waals surface area contributed by atoms with Crippen molar-refractivity contribution in [1.29, 1.82) is 0 Å². The molecule has 72 valence electrons.